The molecule has 3 nitrogen and oxygen atoms in total. The lowest BCUT2D eigenvalue weighted by atomic mass is 10.1. The van der Waals surface area contributed by atoms with Crippen LogP contribution in [0.2, 0.25) is 0 Å². The number of nitrogens with one attached hydrogen (secondary N) is 1. The Labute approximate surface area is 120 Å². The zero-order chi connectivity index (χ0) is 15.0. The molecule has 0 spiro atoms. The van der Waals surface area contributed by atoms with Gasteiger partial charge < -0.3 is 10.4 Å². The van der Waals surface area contributed by atoms with Crippen molar-refractivity contribution in [1.29, 1.82) is 0 Å². The van der Waals surface area contributed by atoms with E-state index in [4.69, 9.17) is 0 Å². The summed E-state index contributed by atoms with van der Waals surface area (Å²) < 4.78 is 26.7. The van der Waals surface area contributed by atoms with Crippen molar-refractivity contribution < 1.29 is 18.7 Å². The van der Waals surface area contributed by atoms with Gasteiger partial charge in [0, 0.05) is 6.42 Å². The van der Waals surface area contributed by atoms with Crippen LogP contribution < -0.4 is 5.32 Å². The van der Waals surface area contributed by atoms with Gasteiger partial charge in [0.1, 0.15) is 11.6 Å². The zero-order valence-corrected chi connectivity index (χ0v) is 11.0. The van der Waals surface area contributed by atoms with Gasteiger partial charge in [-0.25, -0.2) is 8.78 Å². The van der Waals surface area contributed by atoms with E-state index in [0.717, 1.165) is 29.3 Å². The largest absolute Gasteiger partial charge is 0.390 e. The number of aliphatic hydroxyl groups excluding tert-OH is 1. The van der Waals surface area contributed by atoms with Crippen molar-refractivity contribution in [3.63, 3.8) is 0 Å². The Morgan fingerprint density at radius 2 is 1.95 bits per heavy atom. The van der Waals surface area contributed by atoms with Crippen molar-refractivity contribution in [3.8, 4) is 0 Å². The number of aliphatic hydroxyl groups is 1. The van der Waals surface area contributed by atoms with E-state index in [2.05, 4.69) is 5.32 Å². The number of amides is 1. The number of carbonyl (C=O) groups excluding carboxylic acids is 1. The molecule has 0 saturated heterocycles. The van der Waals surface area contributed by atoms with Crippen LogP contribution in [-0.2, 0) is 6.42 Å². The fraction of sp³-hybridized carbons (Fsp3) is 0.188. The standard InChI is InChI=1S/C16H13F2NO2/c17-10-5-6-13(18)12(8-10)16(21)19-15-11-4-2-1-3-9(11)7-14(15)20/h1-6,8,14-15,20H,7H2,(H,19,21). The number of hydrogen-bond donors (Lipinski definition) is 2. The molecule has 21 heavy (non-hydrogen) atoms. The van der Waals surface area contributed by atoms with Crippen molar-refractivity contribution in [2.24, 2.45) is 0 Å². The molecule has 2 aromatic carbocycles. The Hall–Kier alpha value is -2.27. The molecule has 108 valence electrons. The Bertz CT molecular complexity index is 702. The van der Waals surface area contributed by atoms with Crippen molar-refractivity contribution in [1.82, 2.24) is 5.32 Å². The average Bonchev–Trinajstić information content (AvgIpc) is 2.78. The van der Waals surface area contributed by atoms with E-state index in [0.29, 0.717) is 6.42 Å². The van der Waals surface area contributed by atoms with E-state index >= 15 is 0 Å². The summed E-state index contributed by atoms with van der Waals surface area (Å²) in [6.07, 6.45) is -0.352. The number of benzene rings is 2. The lowest BCUT2D eigenvalue weighted by Gasteiger charge is -2.18. The second-order valence-electron chi connectivity index (χ2n) is 5.05. The molecule has 0 aromatic heterocycles. The summed E-state index contributed by atoms with van der Waals surface area (Å²) in [6, 6.07) is 9.41. The third kappa shape index (κ3) is 2.52. The molecule has 0 bridgehead atoms. The van der Waals surface area contributed by atoms with E-state index in [1.807, 2.05) is 12.1 Å². The van der Waals surface area contributed by atoms with E-state index < -0.39 is 29.7 Å². The summed E-state index contributed by atoms with van der Waals surface area (Å²) in [6.45, 7) is 0. The highest BCUT2D eigenvalue weighted by atomic mass is 19.1. The molecule has 0 saturated carbocycles. The molecule has 2 unspecified atom stereocenters. The smallest absolute Gasteiger partial charge is 0.254 e. The van der Waals surface area contributed by atoms with Gasteiger partial charge in [0.2, 0.25) is 0 Å². The van der Waals surface area contributed by atoms with Gasteiger partial charge in [-0.15, -0.1) is 0 Å². The minimum atomic E-state index is -0.797. The molecule has 0 radical (unpaired) electrons. The lowest BCUT2D eigenvalue weighted by molar-refractivity contribution is 0.0854. The lowest BCUT2D eigenvalue weighted by Crippen LogP contribution is -2.34. The Kier molecular flexibility index (Phi) is 3.43. The third-order valence-electron chi connectivity index (χ3n) is 3.66. The van der Waals surface area contributed by atoms with Crippen LogP contribution >= 0.6 is 0 Å². The van der Waals surface area contributed by atoms with Crippen LogP contribution in [-0.4, -0.2) is 17.1 Å². The highest BCUT2D eigenvalue weighted by Crippen LogP contribution is 2.31. The van der Waals surface area contributed by atoms with Gasteiger partial charge >= 0.3 is 0 Å². The SMILES string of the molecule is O=C(NC1c2ccccc2CC1O)c1cc(F)ccc1F. The quantitative estimate of drug-likeness (QED) is 0.891. The van der Waals surface area contributed by atoms with E-state index in [9.17, 15) is 18.7 Å². The minimum absolute atomic E-state index is 0.369. The first-order chi connectivity index (χ1) is 10.1. The van der Waals surface area contributed by atoms with Crippen LogP contribution in [0.15, 0.2) is 42.5 Å². The van der Waals surface area contributed by atoms with Crippen molar-refractivity contribution in [2.45, 2.75) is 18.6 Å². The van der Waals surface area contributed by atoms with E-state index in [-0.39, 0.29) is 5.56 Å². The normalized spacial score (nSPS) is 20.1. The maximum atomic E-state index is 13.6. The summed E-state index contributed by atoms with van der Waals surface area (Å²) in [5, 5.41) is 12.6. The summed E-state index contributed by atoms with van der Waals surface area (Å²) in [4.78, 5) is 12.1. The molecule has 2 aromatic rings. The molecule has 0 heterocycles. The van der Waals surface area contributed by atoms with Crippen LogP contribution in [0.1, 0.15) is 27.5 Å². The molecular weight excluding hydrogens is 276 g/mol. The van der Waals surface area contributed by atoms with Crippen molar-refractivity contribution in [3.05, 3.63) is 70.8 Å². The fourth-order valence-electron chi connectivity index (χ4n) is 2.64. The Morgan fingerprint density at radius 3 is 2.76 bits per heavy atom. The van der Waals surface area contributed by atoms with Gasteiger partial charge in [-0.2, -0.15) is 0 Å². The highest BCUT2D eigenvalue weighted by Gasteiger charge is 2.32. The molecule has 0 aliphatic heterocycles. The van der Waals surface area contributed by atoms with Crippen LogP contribution in [0.4, 0.5) is 8.78 Å². The van der Waals surface area contributed by atoms with E-state index in [1.165, 1.54) is 0 Å². The monoisotopic (exact) mass is 289 g/mol. The molecule has 2 atom stereocenters. The van der Waals surface area contributed by atoms with Gasteiger partial charge in [-0.1, -0.05) is 24.3 Å². The molecule has 3 rings (SSSR count). The number of halogens is 2. The predicted molar refractivity (Wildman–Crippen MR) is 72.7 cm³/mol. The molecule has 1 aliphatic carbocycles. The second kappa shape index (κ2) is 5.26. The third-order valence-corrected chi connectivity index (χ3v) is 3.66. The summed E-state index contributed by atoms with van der Waals surface area (Å²) in [5.74, 6) is -2.23. The van der Waals surface area contributed by atoms with Crippen LogP contribution in [0.3, 0.4) is 0 Å². The predicted octanol–water partition coefficient (Wildman–Crippen LogP) is 2.35. The molecule has 2 N–H and O–H groups in total. The number of carbonyl (C=O) groups is 1. The average molecular weight is 289 g/mol. The Morgan fingerprint density at radius 1 is 1.19 bits per heavy atom. The fourth-order valence-corrected chi connectivity index (χ4v) is 2.64. The molecule has 0 fully saturated rings. The van der Waals surface area contributed by atoms with Crippen molar-refractivity contribution in [2.75, 3.05) is 0 Å². The van der Waals surface area contributed by atoms with Gasteiger partial charge in [0.05, 0.1) is 17.7 Å². The number of hydrogen-bond acceptors (Lipinski definition) is 2. The highest BCUT2D eigenvalue weighted by molar-refractivity contribution is 5.94. The first-order valence-electron chi connectivity index (χ1n) is 6.58. The Balaban J connectivity index is 1.87. The summed E-state index contributed by atoms with van der Waals surface area (Å²) in [7, 11) is 0. The first kappa shape index (κ1) is 13.7. The molecule has 1 amide bonds. The van der Waals surface area contributed by atoms with Crippen LogP contribution in [0, 0.1) is 11.6 Å². The van der Waals surface area contributed by atoms with Gasteiger partial charge in [-0.3, -0.25) is 4.79 Å². The zero-order valence-electron chi connectivity index (χ0n) is 11.0. The maximum Gasteiger partial charge on any atom is 0.254 e. The van der Waals surface area contributed by atoms with Crippen molar-refractivity contribution >= 4 is 5.91 Å². The van der Waals surface area contributed by atoms with Gasteiger partial charge in [0.15, 0.2) is 0 Å². The molecule has 1 aliphatic rings. The van der Waals surface area contributed by atoms with Gasteiger partial charge in [-0.05, 0) is 29.3 Å². The number of rotatable bonds is 2. The first-order valence-corrected chi connectivity index (χ1v) is 6.58. The molecular formula is C16H13F2NO2. The minimum Gasteiger partial charge on any atom is -0.390 e. The second-order valence-corrected chi connectivity index (χ2v) is 5.05. The van der Waals surface area contributed by atoms with Crippen LogP contribution in [0.5, 0.6) is 0 Å². The van der Waals surface area contributed by atoms with Gasteiger partial charge in [0.25, 0.3) is 5.91 Å². The number of fused-ring (bicyclic) bond motifs is 1. The molecule has 5 heteroatoms. The topological polar surface area (TPSA) is 49.3 Å². The summed E-state index contributed by atoms with van der Waals surface area (Å²) in [5.41, 5.74) is 1.37. The summed E-state index contributed by atoms with van der Waals surface area (Å²) >= 11 is 0. The van der Waals surface area contributed by atoms with E-state index in [1.54, 1.807) is 12.1 Å². The van der Waals surface area contributed by atoms with Crippen LogP contribution in [0.25, 0.3) is 0 Å². The maximum absolute atomic E-state index is 13.6.